The molecule has 2 rings (SSSR count). The van der Waals surface area contributed by atoms with Crippen molar-refractivity contribution in [2.24, 2.45) is 11.8 Å². The average Bonchev–Trinajstić information content (AvgIpc) is 2.50. The van der Waals surface area contributed by atoms with E-state index < -0.39 is 0 Å². The molecular formula is C11H16O. The number of fused-ring (bicyclic) bond motifs is 1. The predicted octanol–water partition coefficient (Wildman–Crippen LogP) is 2.71. The molecule has 66 valence electrons. The third kappa shape index (κ3) is 1.33. The van der Waals surface area contributed by atoms with Crippen LogP contribution in [0.25, 0.3) is 0 Å². The number of rotatable bonds is 2. The van der Waals surface area contributed by atoms with Crippen molar-refractivity contribution in [1.82, 2.24) is 0 Å². The standard InChI is InChI=1S/C11H16O/c12-8-7-10-6-5-9-3-1-2-4-11(9)10/h4,8-10H,1-3,5-7H2/t9-,10+/m1/s1. The number of hydrogen-bond donors (Lipinski definition) is 0. The van der Waals surface area contributed by atoms with Crippen LogP contribution in [0.3, 0.4) is 0 Å². The molecule has 0 aromatic heterocycles. The second-order valence-electron chi connectivity index (χ2n) is 4.01. The van der Waals surface area contributed by atoms with Crippen LogP contribution in [0.2, 0.25) is 0 Å². The van der Waals surface area contributed by atoms with E-state index in [0.29, 0.717) is 5.92 Å². The molecule has 1 saturated carbocycles. The van der Waals surface area contributed by atoms with Gasteiger partial charge in [0.05, 0.1) is 0 Å². The number of carbonyl (C=O) groups is 1. The molecule has 0 spiro atoms. The van der Waals surface area contributed by atoms with E-state index in [9.17, 15) is 4.79 Å². The average molecular weight is 164 g/mol. The van der Waals surface area contributed by atoms with Crippen molar-refractivity contribution in [2.45, 2.75) is 38.5 Å². The lowest BCUT2D eigenvalue weighted by atomic mass is 9.86. The van der Waals surface area contributed by atoms with Crippen molar-refractivity contribution in [3.63, 3.8) is 0 Å². The van der Waals surface area contributed by atoms with Crippen molar-refractivity contribution in [1.29, 1.82) is 0 Å². The third-order valence-corrected chi connectivity index (χ3v) is 3.32. The van der Waals surface area contributed by atoms with Gasteiger partial charge in [-0.05, 0) is 43.9 Å². The number of aldehydes is 1. The second-order valence-corrected chi connectivity index (χ2v) is 4.01. The Balaban J connectivity index is 2.09. The van der Waals surface area contributed by atoms with Crippen LogP contribution in [-0.2, 0) is 4.79 Å². The summed E-state index contributed by atoms with van der Waals surface area (Å²) in [4.78, 5) is 10.4. The van der Waals surface area contributed by atoms with Crippen LogP contribution >= 0.6 is 0 Å². The fraction of sp³-hybridized carbons (Fsp3) is 0.727. The summed E-state index contributed by atoms with van der Waals surface area (Å²) < 4.78 is 0. The minimum absolute atomic E-state index is 0.618. The van der Waals surface area contributed by atoms with Gasteiger partial charge in [0.25, 0.3) is 0 Å². The van der Waals surface area contributed by atoms with E-state index >= 15 is 0 Å². The summed E-state index contributed by atoms with van der Waals surface area (Å²) in [7, 11) is 0. The predicted molar refractivity (Wildman–Crippen MR) is 48.8 cm³/mol. The molecule has 2 aliphatic carbocycles. The van der Waals surface area contributed by atoms with Gasteiger partial charge in [-0.25, -0.2) is 0 Å². The summed E-state index contributed by atoms with van der Waals surface area (Å²) in [5.74, 6) is 1.47. The van der Waals surface area contributed by atoms with E-state index in [1.54, 1.807) is 5.57 Å². The summed E-state index contributed by atoms with van der Waals surface area (Å²) in [6, 6.07) is 0. The Bertz CT molecular complexity index is 205. The maximum Gasteiger partial charge on any atom is 0.120 e. The summed E-state index contributed by atoms with van der Waals surface area (Å²) in [6.45, 7) is 0. The van der Waals surface area contributed by atoms with Crippen molar-refractivity contribution in [3.05, 3.63) is 11.6 Å². The largest absolute Gasteiger partial charge is 0.303 e. The first kappa shape index (κ1) is 8.03. The number of carbonyl (C=O) groups excluding carboxylic acids is 1. The first-order valence-electron chi connectivity index (χ1n) is 5.05. The van der Waals surface area contributed by atoms with E-state index in [1.165, 1.54) is 32.1 Å². The molecule has 0 bridgehead atoms. The van der Waals surface area contributed by atoms with Gasteiger partial charge in [0, 0.05) is 6.42 Å². The summed E-state index contributed by atoms with van der Waals surface area (Å²) in [6.07, 6.45) is 10.8. The lowest BCUT2D eigenvalue weighted by molar-refractivity contribution is -0.108. The van der Waals surface area contributed by atoms with Crippen LogP contribution in [-0.4, -0.2) is 6.29 Å². The highest BCUT2D eigenvalue weighted by Crippen LogP contribution is 2.43. The molecule has 0 heterocycles. The minimum atomic E-state index is 0.618. The van der Waals surface area contributed by atoms with Crippen molar-refractivity contribution < 1.29 is 4.79 Å². The van der Waals surface area contributed by atoms with E-state index in [-0.39, 0.29) is 0 Å². The van der Waals surface area contributed by atoms with Gasteiger partial charge in [0.15, 0.2) is 0 Å². The topological polar surface area (TPSA) is 17.1 Å². The molecule has 0 amide bonds. The van der Waals surface area contributed by atoms with Gasteiger partial charge in [0.1, 0.15) is 6.29 Å². The SMILES string of the molecule is O=CC[C@@H]1CC[C@H]2CCCC=C21. The molecule has 0 radical (unpaired) electrons. The summed E-state index contributed by atoms with van der Waals surface area (Å²) in [5.41, 5.74) is 1.62. The van der Waals surface area contributed by atoms with Crippen LogP contribution in [0, 0.1) is 11.8 Å². The Labute approximate surface area is 73.8 Å². The molecule has 0 aliphatic heterocycles. The Morgan fingerprint density at radius 2 is 2.33 bits per heavy atom. The molecule has 2 aliphatic rings. The molecule has 0 unspecified atom stereocenters. The maximum absolute atomic E-state index is 10.4. The zero-order valence-electron chi connectivity index (χ0n) is 7.46. The second kappa shape index (κ2) is 3.42. The molecule has 1 fully saturated rings. The van der Waals surface area contributed by atoms with Gasteiger partial charge in [-0.15, -0.1) is 0 Å². The van der Waals surface area contributed by atoms with Gasteiger partial charge in [-0.3, -0.25) is 0 Å². The molecule has 0 aromatic rings. The fourth-order valence-corrected chi connectivity index (χ4v) is 2.72. The highest BCUT2D eigenvalue weighted by atomic mass is 16.1. The lowest BCUT2D eigenvalue weighted by Gasteiger charge is -2.19. The van der Waals surface area contributed by atoms with Crippen molar-refractivity contribution >= 4 is 6.29 Å². The lowest BCUT2D eigenvalue weighted by Crippen LogP contribution is -2.06. The number of allylic oxidation sites excluding steroid dienone is 2. The molecule has 1 heteroatoms. The molecule has 0 saturated heterocycles. The molecular weight excluding hydrogens is 148 g/mol. The molecule has 2 atom stereocenters. The van der Waals surface area contributed by atoms with Crippen LogP contribution in [0.5, 0.6) is 0 Å². The van der Waals surface area contributed by atoms with Gasteiger partial charge in [-0.1, -0.05) is 11.6 Å². The molecule has 0 aromatic carbocycles. The molecule has 12 heavy (non-hydrogen) atoms. The van der Waals surface area contributed by atoms with Gasteiger partial charge in [0.2, 0.25) is 0 Å². The Morgan fingerprint density at radius 3 is 3.17 bits per heavy atom. The third-order valence-electron chi connectivity index (χ3n) is 3.32. The Kier molecular flexibility index (Phi) is 2.29. The van der Waals surface area contributed by atoms with Crippen LogP contribution < -0.4 is 0 Å². The fourth-order valence-electron chi connectivity index (χ4n) is 2.72. The summed E-state index contributed by atoms with van der Waals surface area (Å²) >= 11 is 0. The molecule has 0 N–H and O–H groups in total. The van der Waals surface area contributed by atoms with Crippen molar-refractivity contribution in [2.75, 3.05) is 0 Å². The Hall–Kier alpha value is -0.590. The van der Waals surface area contributed by atoms with Crippen molar-refractivity contribution in [3.8, 4) is 0 Å². The molecule has 1 nitrogen and oxygen atoms in total. The first-order chi connectivity index (χ1) is 5.92. The minimum Gasteiger partial charge on any atom is -0.303 e. The first-order valence-corrected chi connectivity index (χ1v) is 5.05. The van der Waals surface area contributed by atoms with E-state index in [1.807, 2.05) is 0 Å². The van der Waals surface area contributed by atoms with Gasteiger partial charge < -0.3 is 4.79 Å². The monoisotopic (exact) mass is 164 g/mol. The normalized spacial score (nSPS) is 34.2. The van der Waals surface area contributed by atoms with Crippen LogP contribution in [0.4, 0.5) is 0 Å². The quantitative estimate of drug-likeness (QED) is 0.453. The van der Waals surface area contributed by atoms with Gasteiger partial charge >= 0.3 is 0 Å². The Morgan fingerprint density at radius 1 is 1.42 bits per heavy atom. The zero-order valence-corrected chi connectivity index (χ0v) is 7.46. The number of hydrogen-bond acceptors (Lipinski definition) is 1. The van der Waals surface area contributed by atoms with Crippen LogP contribution in [0.15, 0.2) is 11.6 Å². The smallest absolute Gasteiger partial charge is 0.120 e. The van der Waals surface area contributed by atoms with Crippen LogP contribution in [0.1, 0.15) is 38.5 Å². The van der Waals surface area contributed by atoms with Gasteiger partial charge in [-0.2, -0.15) is 0 Å². The zero-order chi connectivity index (χ0) is 8.39. The highest BCUT2D eigenvalue weighted by Gasteiger charge is 2.30. The summed E-state index contributed by atoms with van der Waals surface area (Å²) in [5, 5.41) is 0. The maximum atomic E-state index is 10.4. The van der Waals surface area contributed by atoms with E-state index in [0.717, 1.165) is 18.6 Å². The van der Waals surface area contributed by atoms with E-state index in [4.69, 9.17) is 0 Å². The highest BCUT2D eigenvalue weighted by molar-refractivity contribution is 5.51. The van der Waals surface area contributed by atoms with E-state index in [2.05, 4.69) is 6.08 Å².